The maximum absolute atomic E-state index is 12.4. The second-order valence-corrected chi connectivity index (χ2v) is 7.31. The summed E-state index contributed by atoms with van der Waals surface area (Å²) in [5, 5.41) is 8.25. The second kappa shape index (κ2) is 7.55. The topological polar surface area (TPSA) is 79.2 Å². The van der Waals surface area contributed by atoms with Crippen molar-refractivity contribution in [2.24, 2.45) is 7.05 Å². The molecule has 1 aromatic carbocycles. The van der Waals surface area contributed by atoms with E-state index in [0.29, 0.717) is 6.54 Å². The molecule has 3 aromatic rings. The number of fused-ring (bicyclic) bond motifs is 1. The van der Waals surface area contributed by atoms with Crippen molar-refractivity contribution in [3.8, 4) is 0 Å². The summed E-state index contributed by atoms with van der Waals surface area (Å²) in [5.74, 6) is 0.936. The third-order valence-corrected chi connectivity index (χ3v) is 5.34. The van der Waals surface area contributed by atoms with Crippen molar-refractivity contribution in [3.63, 3.8) is 0 Å². The third kappa shape index (κ3) is 3.68. The van der Waals surface area contributed by atoms with Gasteiger partial charge in [0.1, 0.15) is 12.1 Å². The van der Waals surface area contributed by atoms with E-state index >= 15 is 0 Å². The van der Waals surface area contributed by atoms with E-state index < -0.39 is 0 Å². The van der Waals surface area contributed by atoms with E-state index in [9.17, 15) is 4.79 Å². The van der Waals surface area contributed by atoms with Crippen molar-refractivity contribution in [3.05, 3.63) is 41.9 Å². The fourth-order valence-electron chi connectivity index (χ4n) is 3.54. The zero-order valence-corrected chi connectivity index (χ0v) is 16.5. The first-order valence-electron chi connectivity index (χ1n) is 9.48. The van der Waals surface area contributed by atoms with Crippen molar-refractivity contribution >= 4 is 28.4 Å². The van der Waals surface area contributed by atoms with Crippen LogP contribution in [0.25, 0.3) is 11.0 Å². The standard InChI is InChI=1S/C20H25N7O/c1-14-4-5-16(10-15(14)2)24-18(28)12-26-6-8-27(9-7-26)20-17-11-23-25(3)19(17)21-13-22-20/h4-5,10-11,13H,6-9,12H2,1-3H3,(H,24,28). The highest BCUT2D eigenvalue weighted by atomic mass is 16.2. The van der Waals surface area contributed by atoms with Gasteiger partial charge in [0.2, 0.25) is 5.91 Å². The fraction of sp³-hybridized carbons (Fsp3) is 0.400. The molecule has 1 fully saturated rings. The summed E-state index contributed by atoms with van der Waals surface area (Å²) in [7, 11) is 1.88. The number of carbonyl (C=O) groups excluding carboxylic acids is 1. The minimum Gasteiger partial charge on any atom is -0.353 e. The van der Waals surface area contributed by atoms with Crippen LogP contribution in [0.2, 0.25) is 0 Å². The number of piperazine rings is 1. The number of hydrogen-bond acceptors (Lipinski definition) is 6. The molecule has 8 nitrogen and oxygen atoms in total. The Kier molecular flexibility index (Phi) is 4.95. The molecule has 0 spiro atoms. The van der Waals surface area contributed by atoms with Crippen LogP contribution in [-0.4, -0.2) is 63.3 Å². The summed E-state index contributed by atoms with van der Waals surface area (Å²) >= 11 is 0. The van der Waals surface area contributed by atoms with Gasteiger partial charge in [-0.25, -0.2) is 9.97 Å². The molecule has 3 heterocycles. The van der Waals surface area contributed by atoms with Crippen LogP contribution in [0.1, 0.15) is 11.1 Å². The zero-order chi connectivity index (χ0) is 19.7. The number of carbonyl (C=O) groups is 1. The molecule has 0 radical (unpaired) electrons. The van der Waals surface area contributed by atoms with E-state index in [1.54, 1.807) is 11.0 Å². The number of rotatable bonds is 4. The van der Waals surface area contributed by atoms with E-state index in [1.807, 2.05) is 31.4 Å². The van der Waals surface area contributed by atoms with E-state index in [4.69, 9.17) is 0 Å². The molecule has 0 atom stereocenters. The molecule has 0 aliphatic carbocycles. The average Bonchev–Trinajstić information content (AvgIpc) is 3.07. The number of nitrogens with zero attached hydrogens (tertiary/aromatic N) is 6. The van der Waals surface area contributed by atoms with Gasteiger partial charge in [-0.1, -0.05) is 6.07 Å². The zero-order valence-electron chi connectivity index (χ0n) is 16.5. The van der Waals surface area contributed by atoms with Gasteiger partial charge in [-0.05, 0) is 37.1 Å². The highest BCUT2D eigenvalue weighted by Gasteiger charge is 2.22. The van der Waals surface area contributed by atoms with Gasteiger partial charge < -0.3 is 10.2 Å². The van der Waals surface area contributed by atoms with E-state index in [-0.39, 0.29) is 5.91 Å². The lowest BCUT2D eigenvalue weighted by Crippen LogP contribution is -2.49. The van der Waals surface area contributed by atoms with Gasteiger partial charge in [0.15, 0.2) is 5.65 Å². The van der Waals surface area contributed by atoms with E-state index in [1.165, 1.54) is 11.1 Å². The maximum atomic E-state index is 12.4. The Morgan fingerprint density at radius 1 is 1.11 bits per heavy atom. The molecule has 1 N–H and O–H groups in total. The molecule has 2 aromatic heterocycles. The van der Waals surface area contributed by atoms with Crippen LogP contribution in [0, 0.1) is 13.8 Å². The molecule has 8 heteroatoms. The van der Waals surface area contributed by atoms with Crippen LogP contribution in [0.4, 0.5) is 11.5 Å². The molecule has 4 rings (SSSR count). The average molecular weight is 379 g/mol. The number of amides is 1. The normalized spacial score (nSPS) is 15.2. The lowest BCUT2D eigenvalue weighted by Gasteiger charge is -2.35. The molecule has 0 unspecified atom stereocenters. The Balaban J connectivity index is 1.35. The Bertz CT molecular complexity index is 1000. The summed E-state index contributed by atoms with van der Waals surface area (Å²) < 4.78 is 1.76. The van der Waals surface area contributed by atoms with Crippen molar-refractivity contribution in [2.75, 3.05) is 42.9 Å². The predicted octanol–water partition coefficient (Wildman–Crippen LogP) is 1.74. The van der Waals surface area contributed by atoms with Crippen molar-refractivity contribution < 1.29 is 4.79 Å². The van der Waals surface area contributed by atoms with Gasteiger partial charge in [0, 0.05) is 38.9 Å². The third-order valence-electron chi connectivity index (χ3n) is 5.34. The van der Waals surface area contributed by atoms with Crippen LogP contribution < -0.4 is 10.2 Å². The largest absolute Gasteiger partial charge is 0.353 e. The second-order valence-electron chi connectivity index (χ2n) is 7.31. The molecule has 1 amide bonds. The molecule has 0 saturated carbocycles. The molecule has 28 heavy (non-hydrogen) atoms. The highest BCUT2D eigenvalue weighted by molar-refractivity contribution is 5.92. The molecular formula is C20H25N7O. The molecular weight excluding hydrogens is 354 g/mol. The molecule has 146 valence electrons. The van der Waals surface area contributed by atoms with Crippen LogP contribution in [-0.2, 0) is 11.8 Å². The smallest absolute Gasteiger partial charge is 0.238 e. The summed E-state index contributed by atoms with van der Waals surface area (Å²) in [6, 6.07) is 6.00. The quantitative estimate of drug-likeness (QED) is 0.744. The molecule has 1 saturated heterocycles. The van der Waals surface area contributed by atoms with E-state index in [2.05, 4.69) is 44.0 Å². The summed E-state index contributed by atoms with van der Waals surface area (Å²) in [6.45, 7) is 7.77. The summed E-state index contributed by atoms with van der Waals surface area (Å²) in [5.41, 5.74) is 4.09. The molecule has 0 bridgehead atoms. The van der Waals surface area contributed by atoms with Gasteiger partial charge in [-0.3, -0.25) is 14.4 Å². The van der Waals surface area contributed by atoms with Gasteiger partial charge in [-0.2, -0.15) is 5.10 Å². The minimum absolute atomic E-state index is 0.0217. The van der Waals surface area contributed by atoms with Gasteiger partial charge >= 0.3 is 0 Å². The minimum atomic E-state index is 0.0217. The first kappa shape index (κ1) is 18.4. The number of benzene rings is 1. The van der Waals surface area contributed by atoms with Crippen molar-refractivity contribution in [1.82, 2.24) is 24.6 Å². The monoisotopic (exact) mass is 379 g/mol. The lowest BCUT2D eigenvalue weighted by atomic mass is 10.1. The number of anilines is 2. The highest BCUT2D eigenvalue weighted by Crippen LogP contribution is 2.23. The van der Waals surface area contributed by atoms with Gasteiger partial charge in [0.25, 0.3) is 0 Å². The van der Waals surface area contributed by atoms with Crippen LogP contribution in [0.5, 0.6) is 0 Å². The summed E-state index contributed by atoms with van der Waals surface area (Å²) in [4.78, 5) is 25.6. The molecule has 1 aliphatic heterocycles. The maximum Gasteiger partial charge on any atom is 0.238 e. The van der Waals surface area contributed by atoms with Gasteiger partial charge in [-0.15, -0.1) is 0 Å². The lowest BCUT2D eigenvalue weighted by molar-refractivity contribution is -0.117. The number of aryl methyl sites for hydroxylation is 3. The Labute approximate surface area is 164 Å². The Hall–Kier alpha value is -3.00. The number of nitrogens with one attached hydrogen (secondary N) is 1. The van der Waals surface area contributed by atoms with Crippen molar-refractivity contribution in [1.29, 1.82) is 0 Å². The van der Waals surface area contributed by atoms with Crippen LogP contribution in [0.15, 0.2) is 30.7 Å². The fourth-order valence-corrected chi connectivity index (χ4v) is 3.54. The molecule has 1 aliphatic rings. The summed E-state index contributed by atoms with van der Waals surface area (Å²) in [6.07, 6.45) is 3.40. The predicted molar refractivity (Wildman–Crippen MR) is 110 cm³/mol. The number of aromatic nitrogens is 4. The Morgan fingerprint density at radius 2 is 1.89 bits per heavy atom. The van der Waals surface area contributed by atoms with Gasteiger partial charge in [0.05, 0.1) is 18.1 Å². The van der Waals surface area contributed by atoms with Crippen LogP contribution >= 0.6 is 0 Å². The first-order valence-corrected chi connectivity index (χ1v) is 9.48. The van der Waals surface area contributed by atoms with Crippen molar-refractivity contribution in [2.45, 2.75) is 13.8 Å². The Morgan fingerprint density at radius 3 is 2.64 bits per heavy atom. The SMILES string of the molecule is Cc1ccc(NC(=O)CN2CCN(c3ncnc4c3cnn4C)CC2)cc1C. The van der Waals surface area contributed by atoms with E-state index in [0.717, 1.165) is 48.7 Å². The van der Waals surface area contributed by atoms with Crippen LogP contribution in [0.3, 0.4) is 0 Å². The number of hydrogen-bond donors (Lipinski definition) is 1. The first-order chi connectivity index (χ1) is 13.5.